The Morgan fingerprint density at radius 2 is 1.79 bits per heavy atom. The first-order valence-corrected chi connectivity index (χ1v) is 10.1. The molecule has 33 heavy (non-hydrogen) atoms. The molecule has 2 bridgehead atoms. The quantitative estimate of drug-likeness (QED) is 0.585. The van der Waals surface area contributed by atoms with Gasteiger partial charge >= 0.3 is 6.18 Å². The van der Waals surface area contributed by atoms with Crippen LogP contribution in [0.3, 0.4) is 0 Å². The second-order valence-corrected chi connectivity index (χ2v) is 7.65. The van der Waals surface area contributed by atoms with Crippen molar-refractivity contribution in [3.8, 4) is 11.4 Å². The van der Waals surface area contributed by atoms with Crippen LogP contribution in [0.5, 0.6) is 0 Å². The molecule has 11 heteroatoms. The highest BCUT2D eigenvalue weighted by Crippen LogP contribution is 2.42. The Morgan fingerprint density at radius 3 is 2.48 bits per heavy atom. The van der Waals surface area contributed by atoms with Crippen LogP contribution in [0.4, 0.5) is 23.5 Å². The maximum absolute atomic E-state index is 14.7. The third-order valence-electron chi connectivity index (χ3n) is 5.65. The molecule has 168 valence electrons. The molecular weight excluding hydrogens is 440 g/mol. The van der Waals surface area contributed by atoms with Gasteiger partial charge in [-0.25, -0.2) is 24.3 Å². The van der Waals surface area contributed by atoms with Crippen molar-refractivity contribution in [3.63, 3.8) is 0 Å². The van der Waals surface area contributed by atoms with E-state index >= 15 is 0 Å². The van der Waals surface area contributed by atoms with E-state index < -0.39 is 17.6 Å². The molecule has 0 aliphatic carbocycles. The van der Waals surface area contributed by atoms with Crippen molar-refractivity contribution in [2.24, 2.45) is 0 Å². The Balaban J connectivity index is 1.45. The third-order valence-corrected chi connectivity index (χ3v) is 5.65. The van der Waals surface area contributed by atoms with Crippen molar-refractivity contribution < 1.29 is 22.4 Å². The van der Waals surface area contributed by atoms with Crippen LogP contribution >= 0.6 is 0 Å². The van der Waals surface area contributed by atoms with E-state index in [-0.39, 0.29) is 34.8 Å². The number of nitrogens with one attached hydrogen (secondary N) is 1. The lowest BCUT2D eigenvalue weighted by Crippen LogP contribution is -2.31. The molecule has 7 nitrogen and oxygen atoms in total. The highest BCUT2D eigenvalue weighted by atomic mass is 19.4. The second kappa shape index (κ2) is 7.91. The predicted molar refractivity (Wildman–Crippen MR) is 109 cm³/mol. The normalized spacial score (nSPS) is 17.6. The first kappa shape index (κ1) is 21.0. The number of aromatic nitrogens is 4. The SMILES string of the molecule is O=C(c1cccc(F)c1-c1ncccn1)N1C2=C(Nc3ncc(C(F)(F)F)cn3)CC1CC2. The number of halogens is 4. The van der Waals surface area contributed by atoms with Crippen LogP contribution < -0.4 is 5.32 Å². The fraction of sp³-hybridized carbons (Fsp3) is 0.227. The largest absolute Gasteiger partial charge is 0.419 e. The van der Waals surface area contributed by atoms with Crippen LogP contribution in [0, 0.1) is 5.82 Å². The summed E-state index contributed by atoms with van der Waals surface area (Å²) in [6.07, 6.45) is 1.61. The lowest BCUT2D eigenvalue weighted by atomic mass is 10.0. The van der Waals surface area contributed by atoms with Gasteiger partial charge in [0.25, 0.3) is 5.91 Å². The molecule has 2 aromatic heterocycles. The number of benzene rings is 1. The van der Waals surface area contributed by atoms with Crippen molar-refractivity contribution >= 4 is 11.9 Å². The van der Waals surface area contributed by atoms with Gasteiger partial charge in [-0.3, -0.25) is 4.79 Å². The molecule has 4 heterocycles. The van der Waals surface area contributed by atoms with Crippen LogP contribution in [0.1, 0.15) is 35.2 Å². The van der Waals surface area contributed by atoms with Crippen molar-refractivity contribution in [1.29, 1.82) is 0 Å². The second-order valence-electron chi connectivity index (χ2n) is 7.65. The molecule has 1 amide bonds. The van der Waals surface area contributed by atoms with Crippen LogP contribution in [-0.4, -0.2) is 36.8 Å². The number of amides is 1. The van der Waals surface area contributed by atoms with Gasteiger partial charge in [-0.2, -0.15) is 13.2 Å². The van der Waals surface area contributed by atoms with E-state index in [9.17, 15) is 22.4 Å². The number of carbonyl (C=O) groups excluding carboxylic acids is 1. The molecule has 1 fully saturated rings. The zero-order valence-corrected chi connectivity index (χ0v) is 17.0. The maximum atomic E-state index is 14.7. The molecule has 0 spiro atoms. The smallest absolute Gasteiger partial charge is 0.326 e. The summed E-state index contributed by atoms with van der Waals surface area (Å²) in [5, 5.41) is 2.94. The summed E-state index contributed by atoms with van der Waals surface area (Å²) < 4.78 is 52.9. The van der Waals surface area contributed by atoms with Crippen molar-refractivity contribution in [3.05, 3.63) is 77.4 Å². The van der Waals surface area contributed by atoms with E-state index in [0.717, 1.165) is 6.42 Å². The molecule has 0 saturated carbocycles. The van der Waals surface area contributed by atoms with Crippen LogP contribution in [-0.2, 0) is 6.18 Å². The van der Waals surface area contributed by atoms with Gasteiger partial charge in [-0.1, -0.05) is 6.07 Å². The lowest BCUT2D eigenvalue weighted by molar-refractivity contribution is -0.138. The number of anilines is 1. The molecule has 5 rings (SSSR count). The minimum absolute atomic E-state index is 0.00887. The van der Waals surface area contributed by atoms with Crippen molar-refractivity contribution in [2.75, 3.05) is 5.32 Å². The van der Waals surface area contributed by atoms with E-state index in [0.29, 0.717) is 36.6 Å². The Bertz CT molecular complexity index is 1240. The van der Waals surface area contributed by atoms with Gasteiger partial charge in [-0.05, 0) is 31.0 Å². The number of hydrogen-bond donors (Lipinski definition) is 1. The number of carbonyl (C=O) groups is 1. The molecule has 1 atom stereocenters. The zero-order valence-electron chi connectivity index (χ0n) is 17.0. The number of allylic oxidation sites excluding steroid dienone is 1. The van der Waals surface area contributed by atoms with Gasteiger partial charge in [-0.15, -0.1) is 0 Å². The molecule has 2 aliphatic heterocycles. The van der Waals surface area contributed by atoms with Gasteiger partial charge in [0.2, 0.25) is 5.95 Å². The molecule has 1 saturated heterocycles. The van der Waals surface area contributed by atoms with Crippen molar-refractivity contribution in [1.82, 2.24) is 24.8 Å². The molecule has 2 aliphatic rings. The van der Waals surface area contributed by atoms with Crippen LogP contribution in [0.25, 0.3) is 11.4 Å². The number of alkyl halides is 3. The summed E-state index contributed by atoms with van der Waals surface area (Å²) in [7, 11) is 0. The highest BCUT2D eigenvalue weighted by Gasteiger charge is 2.42. The highest BCUT2D eigenvalue weighted by molar-refractivity contribution is 6.02. The summed E-state index contributed by atoms with van der Waals surface area (Å²) in [6.45, 7) is 0. The minimum atomic E-state index is -4.53. The van der Waals surface area contributed by atoms with Gasteiger partial charge in [0, 0.05) is 48.6 Å². The fourth-order valence-electron chi connectivity index (χ4n) is 4.19. The van der Waals surface area contributed by atoms with E-state index in [1.54, 1.807) is 11.0 Å². The van der Waals surface area contributed by atoms with Gasteiger partial charge in [0.15, 0.2) is 5.82 Å². The number of nitrogens with zero attached hydrogens (tertiary/aromatic N) is 5. The predicted octanol–water partition coefficient (Wildman–Crippen LogP) is 4.42. The zero-order chi connectivity index (χ0) is 23.2. The molecule has 1 unspecified atom stereocenters. The van der Waals surface area contributed by atoms with E-state index in [1.165, 1.54) is 30.6 Å². The molecule has 0 radical (unpaired) electrons. The average molecular weight is 456 g/mol. The van der Waals surface area contributed by atoms with E-state index in [4.69, 9.17) is 0 Å². The maximum Gasteiger partial charge on any atom is 0.419 e. The first-order valence-electron chi connectivity index (χ1n) is 10.1. The van der Waals surface area contributed by atoms with E-state index in [1.807, 2.05) is 0 Å². The topological polar surface area (TPSA) is 83.9 Å². The summed E-state index contributed by atoms with van der Waals surface area (Å²) in [4.78, 5) is 30.7. The Labute approximate surface area is 185 Å². The number of hydrogen-bond acceptors (Lipinski definition) is 6. The summed E-state index contributed by atoms with van der Waals surface area (Å²) in [6, 6.07) is 5.67. The Morgan fingerprint density at radius 1 is 1.06 bits per heavy atom. The molecule has 3 aromatic rings. The summed E-state index contributed by atoms with van der Waals surface area (Å²) >= 11 is 0. The van der Waals surface area contributed by atoms with Gasteiger partial charge in [0.1, 0.15) is 5.82 Å². The summed E-state index contributed by atoms with van der Waals surface area (Å²) in [5.74, 6) is -0.880. The molecule has 1 N–H and O–H groups in total. The summed E-state index contributed by atoms with van der Waals surface area (Å²) in [5.41, 5.74) is 0.566. The molecular formula is C22H16F4N6O. The Kier molecular flexibility index (Phi) is 5.03. The molecule has 1 aromatic carbocycles. The lowest BCUT2D eigenvalue weighted by Gasteiger charge is -2.21. The monoisotopic (exact) mass is 456 g/mol. The Hall–Kier alpha value is -3.89. The van der Waals surface area contributed by atoms with Gasteiger partial charge in [0.05, 0.1) is 16.7 Å². The third kappa shape index (κ3) is 3.79. The minimum Gasteiger partial charge on any atom is -0.326 e. The van der Waals surface area contributed by atoms with Gasteiger partial charge < -0.3 is 10.2 Å². The number of rotatable bonds is 4. The van der Waals surface area contributed by atoms with E-state index in [2.05, 4.69) is 25.3 Å². The first-order chi connectivity index (χ1) is 15.8. The van der Waals surface area contributed by atoms with Crippen molar-refractivity contribution in [2.45, 2.75) is 31.5 Å². The standard InChI is InChI=1S/C22H16F4N6O/c23-15-4-1-3-14(18(15)19-27-7-2-8-28-19)20(33)32-13-5-6-17(32)16(9-13)31-21-29-10-12(11-30-21)22(24,25)26/h1-4,7-8,10-11,13H,5-6,9H2,(H,29,30,31). The average Bonchev–Trinajstić information content (AvgIpc) is 3.36. The fourth-order valence-corrected chi connectivity index (χ4v) is 4.19. The van der Waals surface area contributed by atoms with Crippen LogP contribution in [0.15, 0.2) is 60.4 Å². The number of fused-ring (bicyclic) bond motifs is 2. The van der Waals surface area contributed by atoms with Crippen LogP contribution in [0.2, 0.25) is 0 Å².